The van der Waals surface area contributed by atoms with Crippen molar-refractivity contribution >= 4 is 17.7 Å². The molecule has 132 valence electrons. The highest BCUT2D eigenvalue weighted by atomic mass is 16.5. The van der Waals surface area contributed by atoms with E-state index in [2.05, 4.69) is 24.9 Å². The molecular weight excluding hydrogens is 320 g/mol. The van der Waals surface area contributed by atoms with E-state index in [9.17, 15) is 9.59 Å². The van der Waals surface area contributed by atoms with Crippen LogP contribution in [0.25, 0.3) is 0 Å². The van der Waals surface area contributed by atoms with Crippen molar-refractivity contribution in [1.82, 2.24) is 14.9 Å². The fourth-order valence-electron chi connectivity index (χ4n) is 2.94. The van der Waals surface area contributed by atoms with Gasteiger partial charge in [-0.2, -0.15) is 0 Å². The maximum Gasteiger partial charge on any atom is 0.337 e. The minimum Gasteiger partial charge on any atom is -0.465 e. The smallest absolute Gasteiger partial charge is 0.337 e. The van der Waals surface area contributed by atoms with E-state index in [1.165, 1.54) is 20.0 Å². The van der Waals surface area contributed by atoms with E-state index < -0.39 is 5.97 Å². The number of esters is 1. The first-order valence-corrected chi connectivity index (χ1v) is 8.35. The van der Waals surface area contributed by atoms with Gasteiger partial charge in [0, 0.05) is 24.8 Å². The van der Waals surface area contributed by atoms with E-state index in [1.54, 1.807) is 18.2 Å². The van der Waals surface area contributed by atoms with E-state index in [4.69, 9.17) is 0 Å². The second-order valence-electron chi connectivity index (χ2n) is 6.13. The van der Waals surface area contributed by atoms with Crippen LogP contribution in [-0.2, 0) is 24.2 Å². The Morgan fingerprint density at radius 1 is 1.32 bits per heavy atom. The van der Waals surface area contributed by atoms with Gasteiger partial charge in [-0.05, 0) is 43.5 Å². The fourth-order valence-corrected chi connectivity index (χ4v) is 2.94. The van der Waals surface area contributed by atoms with Crippen molar-refractivity contribution in [2.45, 2.75) is 39.3 Å². The first-order chi connectivity index (χ1) is 12.1. The lowest BCUT2D eigenvalue weighted by molar-refractivity contribution is 0.0600. The lowest BCUT2D eigenvalue weighted by atomic mass is 10.1. The van der Waals surface area contributed by atoms with Gasteiger partial charge in [0.25, 0.3) is 0 Å². The van der Waals surface area contributed by atoms with Crippen LogP contribution in [0, 0.1) is 6.92 Å². The molecule has 25 heavy (non-hydrogen) atoms. The van der Waals surface area contributed by atoms with Crippen molar-refractivity contribution in [3.05, 3.63) is 47.0 Å². The number of carbonyl (C=O) groups excluding carboxylic acids is 2. The van der Waals surface area contributed by atoms with Crippen LogP contribution in [0.1, 0.15) is 40.3 Å². The highest BCUT2D eigenvalue weighted by Crippen LogP contribution is 2.17. The maximum atomic E-state index is 12.1. The van der Waals surface area contributed by atoms with Gasteiger partial charge in [0.05, 0.1) is 24.9 Å². The maximum absolute atomic E-state index is 12.1. The number of imidazole rings is 1. The highest BCUT2D eigenvalue weighted by Gasteiger charge is 2.13. The number of hydrogen-bond acceptors (Lipinski definition) is 4. The van der Waals surface area contributed by atoms with Gasteiger partial charge >= 0.3 is 12.0 Å². The summed E-state index contributed by atoms with van der Waals surface area (Å²) in [5, 5.41) is 5.60. The Morgan fingerprint density at radius 3 is 2.88 bits per heavy atom. The number of methoxy groups -OCH3 is 1. The van der Waals surface area contributed by atoms with Crippen LogP contribution in [-0.4, -0.2) is 28.7 Å². The number of ether oxygens (including phenoxy) is 1. The molecule has 3 rings (SSSR count). The normalized spacial score (nSPS) is 13.0. The summed E-state index contributed by atoms with van der Waals surface area (Å²) in [5.41, 5.74) is 2.75. The largest absolute Gasteiger partial charge is 0.465 e. The molecule has 0 atom stereocenters. The van der Waals surface area contributed by atoms with E-state index in [0.717, 1.165) is 30.0 Å². The van der Waals surface area contributed by atoms with Crippen molar-refractivity contribution < 1.29 is 14.3 Å². The summed E-state index contributed by atoms with van der Waals surface area (Å²) in [5.74, 6) is 0.695. The third kappa shape index (κ3) is 3.99. The molecule has 1 aromatic carbocycles. The molecule has 0 saturated carbocycles. The Hall–Kier alpha value is -2.83. The number of aryl methyl sites for hydroxylation is 3. The van der Waals surface area contributed by atoms with Crippen molar-refractivity contribution in [3.63, 3.8) is 0 Å². The number of aromatic nitrogens is 2. The van der Waals surface area contributed by atoms with E-state index in [0.29, 0.717) is 17.8 Å². The molecule has 7 nitrogen and oxygen atoms in total. The summed E-state index contributed by atoms with van der Waals surface area (Å²) in [4.78, 5) is 28.2. The van der Waals surface area contributed by atoms with Crippen LogP contribution in [0.4, 0.5) is 10.5 Å². The standard InChI is InChI=1S/C18H22N4O3/c1-12-9-13(17(23)25-2)6-7-15(12)21-18(24)19-10-14-11-22-8-4-3-5-16(22)20-14/h6-7,9,11H,3-5,8,10H2,1-2H3,(H2,19,21,24). The number of fused-ring (bicyclic) bond motifs is 1. The third-order valence-corrected chi connectivity index (χ3v) is 4.28. The van der Waals surface area contributed by atoms with Gasteiger partial charge in [-0.1, -0.05) is 0 Å². The first kappa shape index (κ1) is 17.0. The number of anilines is 1. The number of amides is 2. The van der Waals surface area contributed by atoms with Crippen molar-refractivity contribution in [2.24, 2.45) is 0 Å². The molecule has 0 aliphatic carbocycles. The van der Waals surface area contributed by atoms with Crippen LogP contribution >= 0.6 is 0 Å². The van der Waals surface area contributed by atoms with Gasteiger partial charge in [-0.25, -0.2) is 14.6 Å². The summed E-state index contributed by atoms with van der Waals surface area (Å²) < 4.78 is 6.85. The number of hydrogen-bond donors (Lipinski definition) is 2. The predicted octanol–water partition coefficient (Wildman–Crippen LogP) is 2.64. The van der Waals surface area contributed by atoms with Gasteiger partial charge in [-0.3, -0.25) is 0 Å². The number of nitrogens with zero attached hydrogens (tertiary/aromatic N) is 2. The minimum atomic E-state index is -0.400. The third-order valence-electron chi connectivity index (χ3n) is 4.28. The summed E-state index contributed by atoms with van der Waals surface area (Å²) in [6.45, 7) is 3.21. The quantitative estimate of drug-likeness (QED) is 0.837. The molecule has 1 aliphatic rings. The molecule has 0 bridgehead atoms. The van der Waals surface area contributed by atoms with Crippen molar-refractivity contribution in [2.75, 3.05) is 12.4 Å². The SMILES string of the molecule is COC(=O)c1ccc(NC(=O)NCc2cn3c(n2)CCCC3)c(C)c1. The first-order valence-electron chi connectivity index (χ1n) is 8.35. The second kappa shape index (κ2) is 7.38. The Labute approximate surface area is 146 Å². The molecular formula is C18H22N4O3. The molecule has 0 saturated heterocycles. The highest BCUT2D eigenvalue weighted by molar-refractivity contribution is 5.93. The van der Waals surface area contributed by atoms with Gasteiger partial charge in [-0.15, -0.1) is 0 Å². The average molecular weight is 342 g/mol. The van der Waals surface area contributed by atoms with Crippen LogP contribution in [0.2, 0.25) is 0 Å². The number of benzene rings is 1. The molecule has 0 unspecified atom stereocenters. The summed E-state index contributed by atoms with van der Waals surface area (Å²) in [7, 11) is 1.34. The Kier molecular flexibility index (Phi) is 5.02. The summed E-state index contributed by atoms with van der Waals surface area (Å²) >= 11 is 0. The van der Waals surface area contributed by atoms with Gasteiger partial charge < -0.3 is 19.9 Å². The Bertz CT molecular complexity index is 774. The van der Waals surface area contributed by atoms with Crippen LogP contribution in [0.15, 0.2) is 24.4 Å². The molecule has 2 aromatic rings. The molecule has 1 aliphatic heterocycles. The molecule has 1 aromatic heterocycles. The number of rotatable bonds is 4. The van der Waals surface area contributed by atoms with Gasteiger partial charge in [0.15, 0.2) is 0 Å². The summed E-state index contributed by atoms with van der Waals surface area (Å²) in [6, 6.07) is 4.69. The van der Waals surface area contributed by atoms with Crippen LogP contribution in [0.5, 0.6) is 0 Å². The average Bonchev–Trinajstić information content (AvgIpc) is 3.04. The number of nitrogens with one attached hydrogen (secondary N) is 2. The predicted molar refractivity (Wildman–Crippen MR) is 93.5 cm³/mol. The Balaban J connectivity index is 1.57. The van der Waals surface area contributed by atoms with Crippen LogP contribution in [0.3, 0.4) is 0 Å². The minimum absolute atomic E-state index is 0.306. The zero-order valence-electron chi connectivity index (χ0n) is 14.5. The van der Waals surface area contributed by atoms with Crippen LogP contribution < -0.4 is 10.6 Å². The fraction of sp³-hybridized carbons (Fsp3) is 0.389. The van der Waals surface area contributed by atoms with E-state index in [1.807, 2.05) is 13.1 Å². The topological polar surface area (TPSA) is 85.2 Å². The monoisotopic (exact) mass is 342 g/mol. The zero-order chi connectivity index (χ0) is 17.8. The summed E-state index contributed by atoms with van der Waals surface area (Å²) in [6.07, 6.45) is 5.35. The van der Waals surface area contributed by atoms with Crippen molar-refractivity contribution in [3.8, 4) is 0 Å². The van der Waals surface area contributed by atoms with E-state index in [-0.39, 0.29) is 6.03 Å². The lowest BCUT2D eigenvalue weighted by Gasteiger charge is -2.11. The Morgan fingerprint density at radius 2 is 2.16 bits per heavy atom. The number of urea groups is 1. The second-order valence-corrected chi connectivity index (χ2v) is 6.13. The van der Waals surface area contributed by atoms with Gasteiger partial charge in [0.1, 0.15) is 5.82 Å². The molecule has 0 spiro atoms. The lowest BCUT2D eigenvalue weighted by Crippen LogP contribution is -2.28. The zero-order valence-corrected chi connectivity index (χ0v) is 14.5. The molecule has 0 radical (unpaired) electrons. The molecule has 2 N–H and O–H groups in total. The molecule has 2 heterocycles. The van der Waals surface area contributed by atoms with Crippen molar-refractivity contribution in [1.29, 1.82) is 0 Å². The molecule has 0 fully saturated rings. The van der Waals surface area contributed by atoms with E-state index >= 15 is 0 Å². The van der Waals surface area contributed by atoms with Gasteiger partial charge in [0.2, 0.25) is 0 Å². The molecule has 2 amide bonds. The number of carbonyl (C=O) groups is 2. The molecule has 7 heteroatoms.